The molecule has 0 spiro atoms. The van der Waals surface area contributed by atoms with Crippen molar-refractivity contribution < 1.29 is 0 Å². The van der Waals surface area contributed by atoms with Crippen molar-refractivity contribution in [1.29, 1.82) is 0 Å². The zero-order valence-electron chi connectivity index (χ0n) is 11.8. The van der Waals surface area contributed by atoms with Gasteiger partial charge in [-0.1, -0.05) is 38.3 Å². The second kappa shape index (κ2) is 5.52. The minimum Gasteiger partial charge on any atom is -0.312 e. The van der Waals surface area contributed by atoms with Crippen LogP contribution >= 0.6 is 22.9 Å². The third kappa shape index (κ3) is 2.76. The van der Waals surface area contributed by atoms with E-state index in [2.05, 4.69) is 39.2 Å². The molecule has 0 amide bonds. The van der Waals surface area contributed by atoms with Crippen LogP contribution in [0.4, 0.5) is 0 Å². The third-order valence-electron chi connectivity index (χ3n) is 4.49. The molecular formula is C15H24ClNS. The molecule has 3 heteroatoms. The molecule has 1 nitrogen and oxygen atoms in total. The van der Waals surface area contributed by atoms with Crippen molar-refractivity contribution in [3.05, 3.63) is 20.8 Å². The van der Waals surface area contributed by atoms with Crippen LogP contribution in [0.3, 0.4) is 0 Å². The van der Waals surface area contributed by atoms with Crippen LogP contribution in [0.2, 0.25) is 4.34 Å². The lowest BCUT2D eigenvalue weighted by molar-refractivity contribution is 0.102. The first-order valence-corrected chi connectivity index (χ1v) is 8.08. The van der Waals surface area contributed by atoms with Crippen molar-refractivity contribution in [2.24, 2.45) is 11.3 Å². The molecule has 0 aromatic carbocycles. The fourth-order valence-electron chi connectivity index (χ4n) is 3.32. The predicted molar refractivity (Wildman–Crippen MR) is 81.6 cm³/mol. The van der Waals surface area contributed by atoms with Gasteiger partial charge in [0.2, 0.25) is 0 Å². The molecule has 2 atom stereocenters. The van der Waals surface area contributed by atoms with E-state index in [0.717, 1.165) is 4.34 Å². The van der Waals surface area contributed by atoms with Crippen molar-refractivity contribution in [2.45, 2.75) is 52.5 Å². The molecular weight excluding hydrogens is 262 g/mol. The summed E-state index contributed by atoms with van der Waals surface area (Å²) < 4.78 is 0.943. The van der Waals surface area contributed by atoms with E-state index in [1.54, 1.807) is 11.3 Å². The Hall–Kier alpha value is -0.0500. The van der Waals surface area contributed by atoms with Gasteiger partial charge in [0.1, 0.15) is 0 Å². The summed E-state index contributed by atoms with van der Waals surface area (Å²) in [5.74, 6) is 0.713. The van der Waals surface area contributed by atoms with E-state index in [-0.39, 0.29) is 0 Å². The monoisotopic (exact) mass is 285 g/mol. The van der Waals surface area contributed by atoms with Gasteiger partial charge < -0.3 is 5.32 Å². The molecule has 2 rings (SSSR count). The number of nitrogens with one attached hydrogen (secondary N) is 1. The molecule has 18 heavy (non-hydrogen) atoms. The summed E-state index contributed by atoms with van der Waals surface area (Å²) in [6.07, 6.45) is 5.41. The number of rotatable bonds is 3. The molecule has 102 valence electrons. The maximum atomic E-state index is 6.23. The first-order chi connectivity index (χ1) is 8.45. The van der Waals surface area contributed by atoms with Gasteiger partial charge in [-0.05, 0) is 49.8 Å². The van der Waals surface area contributed by atoms with Gasteiger partial charge in [0, 0.05) is 10.9 Å². The van der Waals surface area contributed by atoms with Gasteiger partial charge >= 0.3 is 0 Å². The Kier molecular flexibility index (Phi) is 4.40. The molecule has 1 heterocycles. The molecule has 1 aliphatic rings. The Morgan fingerprint density at radius 1 is 1.44 bits per heavy atom. The smallest absolute Gasteiger partial charge is 0.0960 e. The summed E-state index contributed by atoms with van der Waals surface area (Å²) >= 11 is 7.98. The average Bonchev–Trinajstić information content (AvgIpc) is 2.62. The van der Waals surface area contributed by atoms with Crippen molar-refractivity contribution in [3.63, 3.8) is 0 Å². The Morgan fingerprint density at radius 3 is 2.67 bits per heavy atom. The topological polar surface area (TPSA) is 12.0 Å². The summed E-state index contributed by atoms with van der Waals surface area (Å²) in [6, 6.07) is 2.72. The number of thiophene rings is 1. The van der Waals surface area contributed by atoms with Gasteiger partial charge in [-0.25, -0.2) is 0 Å². The zero-order valence-corrected chi connectivity index (χ0v) is 13.4. The second-order valence-electron chi connectivity index (χ2n) is 6.21. The fourth-order valence-corrected chi connectivity index (χ4v) is 4.71. The van der Waals surface area contributed by atoms with Crippen LogP contribution in [0.25, 0.3) is 0 Å². The van der Waals surface area contributed by atoms with Crippen molar-refractivity contribution in [2.75, 3.05) is 7.05 Å². The van der Waals surface area contributed by atoms with E-state index >= 15 is 0 Å². The highest BCUT2D eigenvalue weighted by atomic mass is 35.5. The normalized spacial score (nSPS) is 25.1. The molecule has 0 saturated heterocycles. The molecule has 0 aliphatic heterocycles. The average molecular weight is 286 g/mol. The van der Waals surface area contributed by atoms with E-state index in [0.29, 0.717) is 17.4 Å². The van der Waals surface area contributed by atoms with Crippen molar-refractivity contribution in [3.8, 4) is 0 Å². The molecule has 1 aromatic rings. The van der Waals surface area contributed by atoms with E-state index in [1.807, 2.05) is 0 Å². The van der Waals surface area contributed by atoms with E-state index in [9.17, 15) is 0 Å². The summed E-state index contributed by atoms with van der Waals surface area (Å²) in [7, 11) is 2.08. The van der Waals surface area contributed by atoms with Gasteiger partial charge in [-0.3, -0.25) is 0 Å². The molecule has 1 N–H and O–H groups in total. The van der Waals surface area contributed by atoms with Crippen LogP contribution in [0.5, 0.6) is 0 Å². The van der Waals surface area contributed by atoms with E-state index in [4.69, 9.17) is 11.6 Å². The largest absolute Gasteiger partial charge is 0.312 e. The lowest BCUT2D eigenvalue weighted by Gasteiger charge is -2.43. The molecule has 0 bridgehead atoms. The van der Waals surface area contributed by atoms with Crippen LogP contribution in [0, 0.1) is 18.3 Å². The molecule has 1 aliphatic carbocycles. The summed E-state index contributed by atoms with van der Waals surface area (Å²) in [5.41, 5.74) is 1.64. The first-order valence-electron chi connectivity index (χ1n) is 6.89. The summed E-state index contributed by atoms with van der Waals surface area (Å²) in [4.78, 5) is 1.40. The van der Waals surface area contributed by atoms with Gasteiger partial charge in [0.05, 0.1) is 4.34 Å². The minimum absolute atomic E-state index is 0.427. The fraction of sp³-hybridized carbons (Fsp3) is 0.733. The third-order valence-corrected chi connectivity index (χ3v) is 6.12. The lowest BCUT2D eigenvalue weighted by atomic mass is 9.65. The Balaban J connectivity index is 2.27. The molecule has 1 fully saturated rings. The number of aryl methyl sites for hydroxylation is 1. The number of hydrogen-bond acceptors (Lipinski definition) is 2. The van der Waals surface area contributed by atoms with Gasteiger partial charge in [-0.15, -0.1) is 11.3 Å². The van der Waals surface area contributed by atoms with Gasteiger partial charge in [0.15, 0.2) is 0 Å². The van der Waals surface area contributed by atoms with Crippen LogP contribution < -0.4 is 5.32 Å². The standard InChI is InChI=1S/C15H24ClNS/c1-10-9-12(18-14(10)16)13(17-4)11-7-5-6-8-15(11,2)3/h9,11,13,17H,5-8H2,1-4H3. The highest BCUT2D eigenvalue weighted by Crippen LogP contribution is 2.48. The van der Waals surface area contributed by atoms with Crippen LogP contribution in [0.1, 0.15) is 56.0 Å². The van der Waals surface area contributed by atoms with Crippen LogP contribution in [0.15, 0.2) is 6.07 Å². The highest BCUT2D eigenvalue weighted by Gasteiger charge is 2.38. The van der Waals surface area contributed by atoms with Crippen molar-refractivity contribution in [1.82, 2.24) is 5.32 Å². The maximum absolute atomic E-state index is 6.23. The summed E-state index contributed by atoms with van der Waals surface area (Å²) in [5, 5.41) is 3.54. The van der Waals surface area contributed by atoms with Gasteiger partial charge in [-0.2, -0.15) is 0 Å². The Bertz CT molecular complexity index is 391. The minimum atomic E-state index is 0.427. The van der Waals surface area contributed by atoms with Crippen LogP contribution in [-0.4, -0.2) is 7.05 Å². The number of halogens is 1. The molecule has 1 aromatic heterocycles. The quantitative estimate of drug-likeness (QED) is 0.806. The number of hydrogen-bond donors (Lipinski definition) is 1. The summed E-state index contributed by atoms with van der Waals surface area (Å²) in [6.45, 7) is 6.94. The lowest BCUT2D eigenvalue weighted by Crippen LogP contribution is -2.37. The Labute approximate surface area is 120 Å². The zero-order chi connectivity index (χ0) is 13.3. The van der Waals surface area contributed by atoms with Crippen molar-refractivity contribution >= 4 is 22.9 Å². The SMILES string of the molecule is CNC(c1cc(C)c(Cl)s1)C1CCCCC1(C)C. The van der Waals surface area contributed by atoms with E-state index < -0.39 is 0 Å². The first kappa shape index (κ1) is 14.4. The molecule has 2 unspecified atom stereocenters. The molecule has 0 radical (unpaired) electrons. The predicted octanol–water partition coefficient (Wildman–Crippen LogP) is 5.19. The van der Waals surface area contributed by atoms with Gasteiger partial charge in [0.25, 0.3) is 0 Å². The second-order valence-corrected chi connectivity index (χ2v) is 7.90. The molecule has 1 saturated carbocycles. The van der Waals surface area contributed by atoms with Crippen LogP contribution in [-0.2, 0) is 0 Å². The Morgan fingerprint density at radius 2 is 2.17 bits per heavy atom. The van der Waals surface area contributed by atoms with E-state index in [1.165, 1.54) is 36.1 Å². The highest BCUT2D eigenvalue weighted by molar-refractivity contribution is 7.16. The maximum Gasteiger partial charge on any atom is 0.0960 e.